The molecular weight excluding hydrogens is 496 g/mol. The van der Waals surface area contributed by atoms with Gasteiger partial charge in [-0.05, 0) is 30.5 Å². The summed E-state index contributed by atoms with van der Waals surface area (Å²) >= 11 is 0. The van der Waals surface area contributed by atoms with E-state index in [1.807, 2.05) is 0 Å². The zero-order valence-electron chi connectivity index (χ0n) is 16.5. The molecule has 2 N–H and O–H groups in total. The van der Waals surface area contributed by atoms with Gasteiger partial charge in [0.25, 0.3) is 0 Å². The van der Waals surface area contributed by atoms with Crippen molar-refractivity contribution < 1.29 is 56.7 Å². The number of alkyl halides is 6. The predicted molar refractivity (Wildman–Crippen MR) is 98.5 cm³/mol. The number of carbonyl (C=O) groups is 1. The van der Waals surface area contributed by atoms with Crippen LogP contribution in [0.2, 0.25) is 0 Å². The molecule has 1 aromatic carbocycles. The number of halogens is 6. The summed E-state index contributed by atoms with van der Waals surface area (Å²) in [5, 5.41) is -11.0. The number of nitrogens with one attached hydrogen (secondary N) is 1. The van der Waals surface area contributed by atoms with E-state index < -0.39 is 42.4 Å². The Morgan fingerprint density at radius 2 is 1.53 bits per heavy atom. The van der Waals surface area contributed by atoms with Gasteiger partial charge in [0.1, 0.15) is 5.75 Å². The van der Waals surface area contributed by atoms with Crippen molar-refractivity contribution in [2.75, 3.05) is 6.54 Å². The molecule has 0 aliphatic carbocycles. The molecule has 1 amide bonds. The van der Waals surface area contributed by atoms with Gasteiger partial charge in [0.2, 0.25) is 5.91 Å². The van der Waals surface area contributed by atoms with Crippen molar-refractivity contribution in [2.24, 2.45) is 5.92 Å². The van der Waals surface area contributed by atoms with Crippen LogP contribution in [0, 0.1) is 5.92 Å². The van der Waals surface area contributed by atoms with Crippen LogP contribution >= 0.6 is 0 Å². The van der Waals surface area contributed by atoms with Gasteiger partial charge in [0.05, 0.1) is 0 Å². The highest BCUT2D eigenvalue weighted by atomic mass is 32.2. The fraction of sp³-hybridized carbons (Fsp3) is 0.562. The van der Waals surface area contributed by atoms with Gasteiger partial charge in [-0.3, -0.25) is 9.35 Å². The van der Waals surface area contributed by atoms with Crippen LogP contribution in [-0.4, -0.2) is 50.3 Å². The summed E-state index contributed by atoms with van der Waals surface area (Å²) in [7, 11) is -14.0. The molecule has 32 heavy (non-hydrogen) atoms. The van der Waals surface area contributed by atoms with Crippen LogP contribution in [0.25, 0.3) is 0 Å². The van der Waals surface area contributed by atoms with Gasteiger partial charge in [-0.15, -0.1) is 0 Å². The van der Waals surface area contributed by atoms with Crippen LogP contribution in [0.15, 0.2) is 24.3 Å². The minimum atomic E-state index is -7.12. The van der Waals surface area contributed by atoms with Gasteiger partial charge in [-0.1, -0.05) is 26.0 Å². The summed E-state index contributed by atoms with van der Waals surface area (Å²) in [6, 6.07) is 3.75. The molecule has 8 nitrogen and oxygen atoms in total. The summed E-state index contributed by atoms with van der Waals surface area (Å²) in [5.74, 6) is -8.50. The molecule has 0 aliphatic rings. The van der Waals surface area contributed by atoms with E-state index in [4.69, 9.17) is 4.55 Å². The summed E-state index contributed by atoms with van der Waals surface area (Å²) in [6.07, 6.45) is 0.816. The van der Waals surface area contributed by atoms with Crippen molar-refractivity contribution in [1.29, 1.82) is 0 Å². The Balaban J connectivity index is 2.98. The quantitative estimate of drug-likeness (QED) is 0.264. The largest absolute Gasteiger partial charge is 0.450 e. The van der Waals surface area contributed by atoms with Crippen LogP contribution in [0.1, 0.15) is 25.8 Å². The third-order valence-electron chi connectivity index (χ3n) is 4.27. The Kier molecular flexibility index (Phi) is 8.24. The van der Waals surface area contributed by atoms with Crippen LogP contribution < -0.4 is 9.50 Å². The van der Waals surface area contributed by atoms with Gasteiger partial charge in [-0.2, -0.15) is 43.2 Å². The first-order chi connectivity index (χ1) is 14.3. The molecule has 16 heteroatoms. The van der Waals surface area contributed by atoms with E-state index in [1.165, 1.54) is 0 Å². The van der Waals surface area contributed by atoms with E-state index in [1.54, 1.807) is 13.8 Å². The van der Waals surface area contributed by atoms with Gasteiger partial charge >= 0.3 is 36.7 Å². The van der Waals surface area contributed by atoms with Crippen molar-refractivity contribution in [3.63, 3.8) is 0 Å². The lowest BCUT2D eigenvalue weighted by atomic mass is 10.1. The second kappa shape index (κ2) is 9.43. The Morgan fingerprint density at radius 3 is 1.97 bits per heavy atom. The minimum absolute atomic E-state index is 0.163. The Hall–Kier alpha value is -2.07. The average molecular weight is 515 g/mol. The molecule has 1 aromatic rings. The standard InChI is InChI=1S/C16H19F6NO7S2/c1-3-10(2)13(24)23-9-8-11-4-6-12(7-5-11)30-32(28,29)16(21,22)14(17,18)15(19,20)31(25,26)27/h4-7,10H,3,8-9H2,1-2H3,(H,23,24)(H,25,26,27). The molecular formula is C16H19F6NO7S2. The third-order valence-corrected chi connectivity index (χ3v) is 6.47. The van der Waals surface area contributed by atoms with Crippen LogP contribution in [0.5, 0.6) is 5.75 Å². The highest BCUT2D eigenvalue weighted by Crippen LogP contribution is 2.50. The highest BCUT2D eigenvalue weighted by Gasteiger charge is 2.83. The lowest BCUT2D eigenvalue weighted by Crippen LogP contribution is -2.61. The van der Waals surface area contributed by atoms with Gasteiger partial charge in [0.15, 0.2) is 0 Å². The molecule has 1 rings (SSSR count). The predicted octanol–water partition coefficient (Wildman–Crippen LogP) is 2.81. The van der Waals surface area contributed by atoms with Gasteiger partial charge < -0.3 is 9.50 Å². The summed E-state index contributed by atoms with van der Waals surface area (Å²) in [4.78, 5) is 11.6. The van der Waals surface area contributed by atoms with E-state index >= 15 is 0 Å². The lowest BCUT2D eigenvalue weighted by Gasteiger charge is -2.29. The number of hydrogen-bond donors (Lipinski definition) is 2. The van der Waals surface area contributed by atoms with Crippen molar-refractivity contribution in [2.45, 2.75) is 43.1 Å². The Morgan fingerprint density at radius 1 is 1.03 bits per heavy atom. The zero-order chi connectivity index (χ0) is 25.2. The Labute approximate surface area is 179 Å². The fourth-order valence-electron chi connectivity index (χ4n) is 2.07. The molecule has 0 bridgehead atoms. The second-order valence-electron chi connectivity index (χ2n) is 6.61. The number of carbonyl (C=O) groups excluding carboxylic acids is 1. The number of benzene rings is 1. The summed E-state index contributed by atoms with van der Waals surface area (Å²) in [6.45, 7) is 3.67. The minimum Gasteiger partial charge on any atom is -0.378 e. The van der Waals surface area contributed by atoms with Crippen molar-refractivity contribution in [3.05, 3.63) is 29.8 Å². The summed E-state index contributed by atoms with van der Waals surface area (Å²) in [5.41, 5.74) is 0.439. The maximum Gasteiger partial charge on any atom is 0.450 e. The SMILES string of the molecule is CCC(C)C(=O)NCCc1ccc(OS(=O)(=O)C(F)(F)C(F)(F)C(F)(F)S(=O)(=O)O)cc1. The lowest BCUT2D eigenvalue weighted by molar-refractivity contribution is -0.247. The molecule has 0 fully saturated rings. The van der Waals surface area contributed by atoms with E-state index in [9.17, 15) is 48.0 Å². The first-order valence-corrected chi connectivity index (χ1v) is 11.6. The summed E-state index contributed by atoms with van der Waals surface area (Å²) < 4.78 is 137. The maximum absolute atomic E-state index is 13.7. The second-order valence-corrected chi connectivity index (χ2v) is 9.67. The average Bonchev–Trinajstić information content (AvgIpc) is 2.66. The third kappa shape index (κ3) is 5.46. The van der Waals surface area contributed by atoms with Crippen LogP contribution in [0.4, 0.5) is 26.3 Å². The van der Waals surface area contributed by atoms with E-state index in [-0.39, 0.29) is 24.8 Å². The molecule has 1 atom stereocenters. The number of amides is 1. The first-order valence-electron chi connectivity index (χ1n) is 8.73. The zero-order valence-corrected chi connectivity index (χ0v) is 18.1. The molecule has 184 valence electrons. The topological polar surface area (TPSA) is 127 Å². The van der Waals surface area contributed by atoms with E-state index in [0.29, 0.717) is 12.0 Å². The van der Waals surface area contributed by atoms with Crippen molar-refractivity contribution in [3.8, 4) is 5.75 Å². The van der Waals surface area contributed by atoms with Gasteiger partial charge in [0, 0.05) is 12.5 Å². The molecule has 0 saturated carbocycles. The monoisotopic (exact) mass is 515 g/mol. The van der Waals surface area contributed by atoms with Crippen LogP contribution in [0.3, 0.4) is 0 Å². The van der Waals surface area contributed by atoms with Crippen LogP contribution in [-0.2, 0) is 31.5 Å². The van der Waals surface area contributed by atoms with Crippen molar-refractivity contribution in [1.82, 2.24) is 5.32 Å². The number of rotatable bonds is 11. The number of hydrogen-bond acceptors (Lipinski definition) is 6. The maximum atomic E-state index is 13.7. The Bertz CT molecular complexity index is 1030. The molecule has 0 heterocycles. The molecule has 0 radical (unpaired) electrons. The van der Waals surface area contributed by atoms with E-state index in [0.717, 1.165) is 24.3 Å². The van der Waals surface area contributed by atoms with Gasteiger partial charge in [-0.25, -0.2) is 0 Å². The first kappa shape index (κ1) is 28.0. The molecule has 1 unspecified atom stereocenters. The molecule has 0 saturated heterocycles. The van der Waals surface area contributed by atoms with Crippen molar-refractivity contribution >= 4 is 26.1 Å². The smallest absolute Gasteiger partial charge is 0.378 e. The fourth-order valence-corrected chi connectivity index (χ4v) is 3.50. The molecule has 0 aromatic heterocycles. The molecule has 0 spiro atoms. The normalized spacial score (nSPS) is 14.7. The van der Waals surface area contributed by atoms with E-state index in [2.05, 4.69) is 9.50 Å². The molecule has 0 aliphatic heterocycles. The highest BCUT2D eigenvalue weighted by molar-refractivity contribution is 7.88.